The van der Waals surface area contributed by atoms with E-state index in [1.165, 1.54) is 5.56 Å². The zero-order valence-corrected chi connectivity index (χ0v) is 17.8. The van der Waals surface area contributed by atoms with Gasteiger partial charge in [0.25, 0.3) is 0 Å². The fourth-order valence-corrected chi connectivity index (χ4v) is 4.44. The number of fused-ring (bicyclic) bond motifs is 3. The fourth-order valence-electron chi connectivity index (χ4n) is 4.44. The molecule has 1 saturated heterocycles. The quantitative estimate of drug-likeness (QED) is 0.538. The van der Waals surface area contributed by atoms with Gasteiger partial charge in [-0.1, -0.05) is 31.2 Å². The third kappa shape index (κ3) is 3.85. The zero-order valence-electron chi connectivity index (χ0n) is 17.8. The monoisotopic (exact) mass is 413 g/mol. The number of amides is 1. The van der Waals surface area contributed by atoms with Crippen molar-refractivity contribution in [3.63, 3.8) is 0 Å². The van der Waals surface area contributed by atoms with Gasteiger partial charge in [-0.05, 0) is 54.7 Å². The average molecular weight is 414 g/mol. The number of carbonyl (C=O) groups is 1. The first-order valence-corrected chi connectivity index (χ1v) is 11.0. The number of anilines is 1. The number of rotatable bonds is 5. The first-order valence-electron chi connectivity index (χ1n) is 11.0. The van der Waals surface area contributed by atoms with Gasteiger partial charge in [0.2, 0.25) is 5.91 Å². The Balaban J connectivity index is 1.33. The lowest BCUT2D eigenvalue weighted by Gasteiger charge is -2.33. The Morgan fingerprint density at radius 1 is 1.10 bits per heavy atom. The van der Waals surface area contributed by atoms with E-state index >= 15 is 0 Å². The van der Waals surface area contributed by atoms with Crippen molar-refractivity contribution in [3.8, 4) is 0 Å². The van der Waals surface area contributed by atoms with Gasteiger partial charge in [0, 0.05) is 32.0 Å². The van der Waals surface area contributed by atoms with Crippen molar-refractivity contribution >= 4 is 28.4 Å². The molecule has 4 heterocycles. The Bertz CT molecular complexity index is 1210. The van der Waals surface area contributed by atoms with E-state index in [1.807, 2.05) is 24.4 Å². The van der Waals surface area contributed by atoms with Gasteiger partial charge in [0.15, 0.2) is 11.5 Å². The van der Waals surface area contributed by atoms with E-state index in [-0.39, 0.29) is 11.8 Å². The lowest BCUT2D eigenvalue weighted by atomic mass is 9.97. The van der Waals surface area contributed by atoms with E-state index in [2.05, 4.69) is 56.9 Å². The number of nitrogens with zero attached hydrogens (tertiary/aromatic N) is 4. The minimum atomic E-state index is -0.0418. The number of pyridine rings is 1. The number of benzene rings is 1. The van der Waals surface area contributed by atoms with Crippen LogP contribution in [0.15, 0.2) is 60.9 Å². The summed E-state index contributed by atoms with van der Waals surface area (Å²) in [7, 11) is 0. The molecule has 0 aliphatic carbocycles. The molecule has 4 aromatic rings. The fraction of sp³-hybridized carbons (Fsp3) is 0.320. The topological polar surface area (TPSA) is 62.5 Å². The van der Waals surface area contributed by atoms with Crippen LogP contribution in [-0.2, 0) is 17.8 Å². The second-order valence-corrected chi connectivity index (χ2v) is 8.22. The molecular weight excluding hydrogens is 386 g/mol. The van der Waals surface area contributed by atoms with Crippen LogP contribution in [0.1, 0.15) is 30.9 Å². The Labute approximate surface area is 181 Å². The minimum absolute atomic E-state index is 0.0418. The molecule has 0 saturated carbocycles. The summed E-state index contributed by atoms with van der Waals surface area (Å²) in [5, 5.41) is 3.14. The molecule has 1 aromatic carbocycles. The van der Waals surface area contributed by atoms with Crippen molar-refractivity contribution in [2.24, 2.45) is 5.92 Å². The van der Waals surface area contributed by atoms with Gasteiger partial charge in [0.1, 0.15) is 0 Å². The first kappa shape index (κ1) is 19.5. The highest BCUT2D eigenvalue weighted by Gasteiger charge is 2.28. The summed E-state index contributed by atoms with van der Waals surface area (Å²) < 4.78 is 2.13. The molecule has 1 aliphatic rings. The maximum absolute atomic E-state index is 12.9. The van der Waals surface area contributed by atoms with E-state index in [0.717, 1.165) is 53.9 Å². The van der Waals surface area contributed by atoms with Gasteiger partial charge < -0.3 is 14.6 Å². The standard InChI is InChI=1S/C25H27N5O/c1-2-18-9-11-19(12-10-18)16-27-25(31)20-6-4-14-29(17-20)24-22-8-5-15-30(22)21-7-3-13-26-23(21)28-24/h3,5,7-13,15,20H,2,4,6,14,16-17H2,1H3,(H,27,31). The van der Waals surface area contributed by atoms with Gasteiger partial charge in [0.05, 0.1) is 17.0 Å². The van der Waals surface area contributed by atoms with Gasteiger partial charge in [-0.3, -0.25) is 4.79 Å². The van der Waals surface area contributed by atoms with Crippen LogP contribution in [0.3, 0.4) is 0 Å². The van der Waals surface area contributed by atoms with Crippen molar-refractivity contribution in [2.45, 2.75) is 32.7 Å². The van der Waals surface area contributed by atoms with Crippen molar-refractivity contribution in [3.05, 3.63) is 72.1 Å². The molecule has 1 fully saturated rings. The van der Waals surface area contributed by atoms with Gasteiger partial charge in [-0.2, -0.15) is 0 Å². The van der Waals surface area contributed by atoms with Crippen LogP contribution in [0.4, 0.5) is 5.82 Å². The van der Waals surface area contributed by atoms with Crippen LogP contribution in [-0.4, -0.2) is 33.4 Å². The largest absolute Gasteiger partial charge is 0.354 e. The molecule has 6 heteroatoms. The summed E-state index contributed by atoms with van der Waals surface area (Å²) in [6.07, 6.45) is 6.71. The molecule has 158 valence electrons. The van der Waals surface area contributed by atoms with Crippen LogP contribution in [0.5, 0.6) is 0 Å². The number of nitrogens with one attached hydrogen (secondary N) is 1. The van der Waals surface area contributed by atoms with E-state index in [9.17, 15) is 4.79 Å². The van der Waals surface area contributed by atoms with Crippen molar-refractivity contribution < 1.29 is 4.79 Å². The van der Waals surface area contributed by atoms with Gasteiger partial charge >= 0.3 is 0 Å². The first-order chi connectivity index (χ1) is 15.2. The minimum Gasteiger partial charge on any atom is -0.354 e. The SMILES string of the molecule is CCc1ccc(CNC(=O)C2CCCN(c3nc4ncccc4n4cccc34)C2)cc1. The second kappa shape index (κ2) is 8.38. The molecule has 1 amide bonds. The Morgan fingerprint density at radius 3 is 2.74 bits per heavy atom. The van der Waals surface area contributed by atoms with E-state index in [4.69, 9.17) is 4.98 Å². The molecule has 0 bridgehead atoms. The molecule has 5 rings (SSSR count). The Hall–Kier alpha value is -3.41. The highest BCUT2D eigenvalue weighted by Crippen LogP contribution is 2.28. The van der Waals surface area contributed by atoms with Crippen LogP contribution >= 0.6 is 0 Å². The summed E-state index contributed by atoms with van der Waals surface area (Å²) in [5.74, 6) is 0.985. The summed E-state index contributed by atoms with van der Waals surface area (Å²) in [6, 6.07) is 16.5. The number of hydrogen-bond donors (Lipinski definition) is 1. The molecular formula is C25H27N5O. The zero-order chi connectivity index (χ0) is 21.2. The third-order valence-corrected chi connectivity index (χ3v) is 6.20. The van der Waals surface area contributed by atoms with Crippen LogP contribution in [0.25, 0.3) is 16.7 Å². The highest BCUT2D eigenvalue weighted by atomic mass is 16.1. The molecule has 3 aromatic heterocycles. The predicted molar refractivity (Wildman–Crippen MR) is 123 cm³/mol. The predicted octanol–water partition coefficient (Wildman–Crippen LogP) is 3.98. The summed E-state index contributed by atoms with van der Waals surface area (Å²) in [6.45, 7) is 4.29. The number of carbonyl (C=O) groups excluding carboxylic acids is 1. The van der Waals surface area contributed by atoms with E-state index in [0.29, 0.717) is 13.1 Å². The molecule has 31 heavy (non-hydrogen) atoms. The lowest BCUT2D eigenvalue weighted by molar-refractivity contribution is -0.125. The van der Waals surface area contributed by atoms with Crippen molar-refractivity contribution in [1.29, 1.82) is 0 Å². The Kier molecular flexibility index (Phi) is 5.28. The molecule has 6 nitrogen and oxygen atoms in total. The van der Waals surface area contributed by atoms with E-state index < -0.39 is 0 Å². The van der Waals surface area contributed by atoms with E-state index in [1.54, 1.807) is 6.20 Å². The summed E-state index contributed by atoms with van der Waals surface area (Å²) in [4.78, 5) is 24.5. The maximum atomic E-state index is 12.9. The molecule has 1 N–H and O–H groups in total. The van der Waals surface area contributed by atoms with Gasteiger partial charge in [-0.15, -0.1) is 0 Å². The van der Waals surface area contributed by atoms with Crippen molar-refractivity contribution in [1.82, 2.24) is 19.7 Å². The molecule has 1 aliphatic heterocycles. The third-order valence-electron chi connectivity index (χ3n) is 6.20. The number of aromatic nitrogens is 3. The van der Waals surface area contributed by atoms with Crippen LogP contribution in [0.2, 0.25) is 0 Å². The smallest absolute Gasteiger partial charge is 0.225 e. The summed E-state index contributed by atoms with van der Waals surface area (Å²) in [5.41, 5.74) is 5.22. The van der Waals surface area contributed by atoms with Crippen LogP contribution in [0, 0.1) is 5.92 Å². The normalized spacial score (nSPS) is 16.7. The molecule has 1 atom stereocenters. The highest BCUT2D eigenvalue weighted by molar-refractivity contribution is 5.84. The molecule has 1 unspecified atom stereocenters. The molecule has 0 radical (unpaired) electrons. The van der Waals surface area contributed by atoms with Crippen LogP contribution < -0.4 is 10.2 Å². The van der Waals surface area contributed by atoms with Crippen molar-refractivity contribution in [2.75, 3.05) is 18.0 Å². The Morgan fingerprint density at radius 2 is 1.90 bits per heavy atom. The average Bonchev–Trinajstić information content (AvgIpc) is 3.33. The summed E-state index contributed by atoms with van der Waals surface area (Å²) >= 11 is 0. The maximum Gasteiger partial charge on any atom is 0.225 e. The number of hydrogen-bond acceptors (Lipinski definition) is 4. The molecule has 0 spiro atoms. The lowest BCUT2D eigenvalue weighted by Crippen LogP contribution is -2.43. The number of aryl methyl sites for hydroxylation is 1. The number of piperidine rings is 1. The second-order valence-electron chi connectivity index (χ2n) is 8.22. The van der Waals surface area contributed by atoms with Gasteiger partial charge in [-0.25, -0.2) is 9.97 Å².